The Kier molecular flexibility index (Phi) is 5.82. The summed E-state index contributed by atoms with van der Waals surface area (Å²) >= 11 is 1.30. The Morgan fingerprint density at radius 2 is 1.87 bits per heavy atom. The van der Waals surface area contributed by atoms with Gasteiger partial charge in [0.25, 0.3) is 5.56 Å². The fourth-order valence-electron chi connectivity index (χ4n) is 3.50. The van der Waals surface area contributed by atoms with Crippen LogP contribution >= 0.6 is 11.8 Å². The van der Waals surface area contributed by atoms with Gasteiger partial charge in [0.2, 0.25) is 11.7 Å². The van der Waals surface area contributed by atoms with Crippen molar-refractivity contribution in [1.29, 1.82) is 0 Å². The number of fused-ring (bicyclic) bond motifs is 3. The molecule has 0 fully saturated rings. The summed E-state index contributed by atoms with van der Waals surface area (Å²) in [6, 6.07) is 13.3. The number of amides is 1. The van der Waals surface area contributed by atoms with Crippen molar-refractivity contribution < 1.29 is 4.79 Å². The summed E-state index contributed by atoms with van der Waals surface area (Å²) in [5.41, 5.74) is 3.75. The van der Waals surface area contributed by atoms with Crippen molar-refractivity contribution in [3.8, 4) is 0 Å². The maximum absolute atomic E-state index is 13.0. The number of hydrogen-bond donors (Lipinski definition) is 1. The van der Waals surface area contributed by atoms with Crippen molar-refractivity contribution in [1.82, 2.24) is 19.2 Å². The van der Waals surface area contributed by atoms with Crippen LogP contribution in [0.4, 0.5) is 5.69 Å². The van der Waals surface area contributed by atoms with Gasteiger partial charge in [-0.1, -0.05) is 43.8 Å². The van der Waals surface area contributed by atoms with Crippen LogP contribution in [0.15, 0.2) is 52.4 Å². The van der Waals surface area contributed by atoms with E-state index in [-0.39, 0.29) is 23.1 Å². The Bertz CT molecular complexity index is 1340. The van der Waals surface area contributed by atoms with Crippen molar-refractivity contribution in [3.63, 3.8) is 0 Å². The molecule has 4 aromatic rings. The van der Waals surface area contributed by atoms with Gasteiger partial charge < -0.3 is 5.32 Å². The second-order valence-electron chi connectivity index (χ2n) is 8.08. The third-order valence-electron chi connectivity index (χ3n) is 5.15. The van der Waals surface area contributed by atoms with Crippen LogP contribution in [0.2, 0.25) is 0 Å². The lowest BCUT2D eigenvalue weighted by Crippen LogP contribution is -2.25. The second kappa shape index (κ2) is 8.55. The zero-order chi connectivity index (χ0) is 22.1. The van der Waals surface area contributed by atoms with Crippen LogP contribution in [0.25, 0.3) is 16.7 Å². The quantitative estimate of drug-likeness (QED) is 0.462. The highest BCUT2D eigenvalue weighted by atomic mass is 32.2. The minimum absolute atomic E-state index is 0.0757. The van der Waals surface area contributed by atoms with Gasteiger partial charge in [-0.15, -0.1) is 10.2 Å². The first-order valence-electron chi connectivity index (χ1n) is 10.2. The SMILES string of the molecule is Cc1ccc(NC(=O)CSc2nnc3n(CC(C)C)c(=O)c4ccccc4n23)cc1C. The van der Waals surface area contributed by atoms with Gasteiger partial charge in [-0.25, -0.2) is 0 Å². The Morgan fingerprint density at radius 3 is 2.61 bits per heavy atom. The van der Waals surface area contributed by atoms with Gasteiger partial charge in [0, 0.05) is 12.2 Å². The largest absolute Gasteiger partial charge is 0.325 e. The lowest BCUT2D eigenvalue weighted by molar-refractivity contribution is -0.113. The third-order valence-corrected chi connectivity index (χ3v) is 6.08. The van der Waals surface area contributed by atoms with E-state index in [1.54, 1.807) is 4.57 Å². The number of aryl methyl sites for hydroxylation is 2. The highest BCUT2D eigenvalue weighted by Gasteiger charge is 2.18. The van der Waals surface area contributed by atoms with E-state index in [0.717, 1.165) is 16.8 Å². The monoisotopic (exact) mass is 435 g/mol. The maximum Gasteiger partial charge on any atom is 0.262 e. The molecule has 8 heteroatoms. The van der Waals surface area contributed by atoms with Crippen LogP contribution in [0.3, 0.4) is 0 Å². The third kappa shape index (κ3) is 4.20. The molecule has 2 heterocycles. The molecule has 31 heavy (non-hydrogen) atoms. The number of nitrogens with zero attached hydrogens (tertiary/aromatic N) is 4. The van der Waals surface area contributed by atoms with Gasteiger partial charge in [-0.2, -0.15) is 0 Å². The molecule has 0 bridgehead atoms. The molecular weight excluding hydrogens is 410 g/mol. The average molecular weight is 436 g/mol. The number of thioether (sulfide) groups is 1. The van der Waals surface area contributed by atoms with Crippen LogP contribution in [-0.2, 0) is 11.3 Å². The molecule has 2 aromatic heterocycles. The summed E-state index contributed by atoms with van der Waals surface area (Å²) in [6.07, 6.45) is 0. The molecule has 1 N–H and O–H groups in total. The number of rotatable bonds is 6. The van der Waals surface area contributed by atoms with Crippen molar-refractivity contribution in [2.24, 2.45) is 5.92 Å². The van der Waals surface area contributed by atoms with Crippen LogP contribution in [0, 0.1) is 19.8 Å². The fraction of sp³-hybridized carbons (Fsp3) is 0.304. The van der Waals surface area contributed by atoms with E-state index in [4.69, 9.17) is 0 Å². The van der Waals surface area contributed by atoms with Crippen molar-refractivity contribution in [3.05, 3.63) is 63.9 Å². The smallest absolute Gasteiger partial charge is 0.262 e. The Hall–Kier alpha value is -3.13. The van der Waals surface area contributed by atoms with E-state index in [2.05, 4.69) is 29.4 Å². The molecule has 0 atom stereocenters. The Labute approximate surface area is 184 Å². The molecule has 0 saturated heterocycles. The van der Waals surface area contributed by atoms with E-state index in [0.29, 0.717) is 22.9 Å². The summed E-state index contributed by atoms with van der Waals surface area (Å²) in [6.45, 7) is 8.71. The molecular formula is C23H25N5O2S. The normalized spacial score (nSPS) is 11.5. The summed E-state index contributed by atoms with van der Waals surface area (Å²) in [5.74, 6) is 0.837. The number of aromatic nitrogens is 4. The van der Waals surface area contributed by atoms with Crippen LogP contribution < -0.4 is 10.9 Å². The molecule has 0 saturated carbocycles. The number of carbonyl (C=O) groups excluding carboxylic acids is 1. The zero-order valence-corrected chi connectivity index (χ0v) is 18.9. The number of carbonyl (C=O) groups is 1. The Balaban J connectivity index is 1.65. The molecule has 7 nitrogen and oxygen atoms in total. The molecule has 0 aliphatic carbocycles. The number of benzene rings is 2. The Morgan fingerprint density at radius 1 is 1.10 bits per heavy atom. The summed E-state index contributed by atoms with van der Waals surface area (Å²) < 4.78 is 3.53. The number of anilines is 1. The van der Waals surface area contributed by atoms with E-state index in [1.165, 1.54) is 17.3 Å². The lowest BCUT2D eigenvalue weighted by atomic mass is 10.1. The number of nitrogens with one attached hydrogen (secondary N) is 1. The van der Waals surface area contributed by atoms with Crippen LogP contribution in [0.1, 0.15) is 25.0 Å². The highest BCUT2D eigenvalue weighted by molar-refractivity contribution is 7.99. The van der Waals surface area contributed by atoms with Gasteiger partial charge in [0.05, 0.1) is 16.7 Å². The molecule has 0 radical (unpaired) electrons. The van der Waals surface area contributed by atoms with Crippen molar-refractivity contribution >= 4 is 40.0 Å². The second-order valence-corrected chi connectivity index (χ2v) is 9.02. The standard InChI is InChI=1S/C23H25N5O2S/c1-14(2)12-27-21(30)18-7-5-6-8-19(18)28-22(27)25-26-23(28)31-13-20(29)24-17-10-9-15(3)16(4)11-17/h5-11,14H,12-13H2,1-4H3,(H,24,29). The molecule has 4 rings (SSSR count). The highest BCUT2D eigenvalue weighted by Crippen LogP contribution is 2.22. The molecule has 0 spiro atoms. The molecule has 0 unspecified atom stereocenters. The molecule has 0 aliphatic rings. The van der Waals surface area contributed by atoms with Gasteiger partial charge >= 0.3 is 0 Å². The summed E-state index contributed by atoms with van der Waals surface area (Å²) in [4.78, 5) is 25.5. The molecule has 160 valence electrons. The van der Waals surface area contributed by atoms with Crippen molar-refractivity contribution in [2.45, 2.75) is 39.4 Å². The fourth-order valence-corrected chi connectivity index (χ4v) is 4.24. The first kappa shape index (κ1) is 21.1. The van der Waals surface area contributed by atoms with Crippen LogP contribution in [0.5, 0.6) is 0 Å². The first-order valence-corrected chi connectivity index (χ1v) is 11.2. The van der Waals surface area contributed by atoms with Gasteiger partial charge in [0.15, 0.2) is 5.16 Å². The van der Waals surface area contributed by atoms with Crippen molar-refractivity contribution in [2.75, 3.05) is 11.1 Å². The average Bonchev–Trinajstić information content (AvgIpc) is 3.16. The lowest BCUT2D eigenvalue weighted by Gasteiger charge is -2.13. The summed E-state index contributed by atoms with van der Waals surface area (Å²) in [5, 5.41) is 12.7. The van der Waals surface area contributed by atoms with E-state index in [1.807, 2.05) is 60.7 Å². The predicted molar refractivity (Wildman–Crippen MR) is 125 cm³/mol. The first-order chi connectivity index (χ1) is 14.8. The van der Waals surface area contributed by atoms with E-state index < -0.39 is 0 Å². The van der Waals surface area contributed by atoms with Gasteiger partial charge in [0.1, 0.15) is 0 Å². The van der Waals surface area contributed by atoms with Gasteiger partial charge in [-0.3, -0.25) is 18.6 Å². The van der Waals surface area contributed by atoms with Gasteiger partial charge in [-0.05, 0) is 55.2 Å². The molecule has 1 amide bonds. The minimum atomic E-state index is -0.121. The minimum Gasteiger partial charge on any atom is -0.325 e. The summed E-state index contributed by atoms with van der Waals surface area (Å²) in [7, 11) is 0. The number of hydrogen-bond acceptors (Lipinski definition) is 5. The number of para-hydroxylation sites is 1. The zero-order valence-electron chi connectivity index (χ0n) is 18.0. The van der Waals surface area contributed by atoms with E-state index >= 15 is 0 Å². The maximum atomic E-state index is 13.0. The predicted octanol–water partition coefficient (Wildman–Crippen LogP) is 4.05. The molecule has 0 aliphatic heterocycles. The van der Waals surface area contributed by atoms with Crippen LogP contribution in [-0.4, -0.2) is 30.8 Å². The van der Waals surface area contributed by atoms with E-state index in [9.17, 15) is 9.59 Å². The topological polar surface area (TPSA) is 81.3 Å². The molecule has 2 aromatic carbocycles.